The van der Waals surface area contributed by atoms with Gasteiger partial charge in [0.05, 0.1) is 6.10 Å². The number of hydrogen-bond acceptors (Lipinski definition) is 10. The molecule has 3 aromatic rings. The molecular formula is C11H12N8OS2. The predicted molar refractivity (Wildman–Crippen MR) is 80.1 cm³/mol. The molecule has 11 heteroatoms. The van der Waals surface area contributed by atoms with E-state index in [0.717, 1.165) is 40.5 Å². The number of rotatable bonds is 5. The fourth-order valence-electron chi connectivity index (χ4n) is 2.11. The molecule has 1 saturated heterocycles. The minimum atomic E-state index is 0.281. The molecule has 0 spiro atoms. The van der Waals surface area contributed by atoms with E-state index in [2.05, 4.69) is 36.1 Å². The zero-order valence-electron chi connectivity index (χ0n) is 11.4. The average molecular weight is 336 g/mol. The van der Waals surface area contributed by atoms with Crippen LogP contribution in [-0.2, 0) is 4.74 Å². The zero-order chi connectivity index (χ0) is 14.8. The molecule has 0 radical (unpaired) electrons. The van der Waals surface area contributed by atoms with Crippen LogP contribution in [0.15, 0.2) is 21.5 Å². The minimum absolute atomic E-state index is 0.281. The Morgan fingerprint density at radius 2 is 2.36 bits per heavy atom. The van der Waals surface area contributed by atoms with Gasteiger partial charge in [0.25, 0.3) is 0 Å². The minimum Gasteiger partial charge on any atom is -0.376 e. The second kappa shape index (κ2) is 6.10. The Morgan fingerprint density at radius 1 is 1.36 bits per heavy atom. The topological polar surface area (TPSA) is 103 Å². The molecule has 3 aromatic heterocycles. The molecule has 22 heavy (non-hydrogen) atoms. The maximum Gasteiger partial charge on any atom is 0.206 e. The van der Waals surface area contributed by atoms with Gasteiger partial charge in [-0.15, -0.1) is 25.0 Å². The number of tetrazole rings is 1. The molecular weight excluding hydrogens is 324 g/mol. The maximum atomic E-state index is 5.57. The molecule has 0 amide bonds. The quantitative estimate of drug-likeness (QED) is 0.733. The van der Waals surface area contributed by atoms with Gasteiger partial charge in [-0.1, -0.05) is 11.3 Å². The Labute approximate surface area is 133 Å². The van der Waals surface area contributed by atoms with Gasteiger partial charge >= 0.3 is 0 Å². The monoisotopic (exact) mass is 336 g/mol. The first-order chi connectivity index (χ1) is 10.9. The van der Waals surface area contributed by atoms with Crippen LogP contribution in [-0.4, -0.2) is 54.7 Å². The van der Waals surface area contributed by atoms with E-state index < -0.39 is 0 Å². The second-order valence-electron chi connectivity index (χ2n) is 4.69. The van der Waals surface area contributed by atoms with Crippen molar-refractivity contribution >= 4 is 33.9 Å². The molecule has 0 aliphatic carbocycles. The zero-order valence-corrected chi connectivity index (χ0v) is 13.0. The average Bonchev–Trinajstić information content (AvgIpc) is 3.27. The van der Waals surface area contributed by atoms with Gasteiger partial charge in [-0.3, -0.25) is 0 Å². The van der Waals surface area contributed by atoms with E-state index in [9.17, 15) is 0 Å². The van der Waals surface area contributed by atoms with E-state index in [1.165, 1.54) is 27.7 Å². The lowest BCUT2D eigenvalue weighted by Gasteiger charge is -2.08. The lowest BCUT2D eigenvalue weighted by atomic mass is 10.2. The van der Waals surface area contributed by atoms with Crippen LogP contribution >= 0.6 is 23.1 Å². The first-order valence-corrected chi connectivity index (χ1v) is 8.42. The number of fused-ring (bicyclic) bond motifs is 1. The van der Waals surface area contributed by atoms with E-state index in [1.54, 1.807) is 0 Å². The third kappa shape index (κ3) is 3.00. The Morgan fingerprint density at radius 3 is 3.27 bits per heavy atom. The molecule has 0 aromatic carbocycles. The van der Waals surface area contributed by atoms with E-state index >= 15 is 0 Å². The van der Waals surface area contributed by atoms with E-state index in [0.29, 0.717) is 5.65 Å². The van der Waals surface area contributed by atoms with Gasteiger partial charge in [-0.05, 0) is 47.2 Å². The van der Waals surface area contributed by atoms with Crippen molar-refractivity contribution in [3.05, 3.63) is 12.1 Å². The standard InChI is InChI=1S/C11H12N8OS2/c1-2-7(20-5-1)6-12-10-14-15-11(22-10)21-9-4-3-8-13-17-18-19(8)16-9/h3-4,7H,1-2,5-6H2,(H,12,14)/t7-/m1/s1. The van der Waals surface area contributed by atoms with Crippen LogP contribution in [0.25, 0.3) is 5.65 Å². The van der Waals surface area contributed by atoms with Crippen LogP contribution in [0.4, 0.5) is 5.13 Å². The van der Waals surface area contributed by atoms with Crippen LogP contribution in [0.1, 0.15) is 12.8 Å². The molecule has 4 heterocycles. The number of nitrogens with zero attached hydrogens (tertiary/aromatic N) is 7. The number of nitrogens with one attached hydrogen (secondary N) is 1. The molecule has 114 valence electrons. The van der Waals surface area contributed by atoms with Crippen LogP contribution in [0.3, 0.4) is 0 Å². The first-order valence-electron chi connectivity index (χ1n) is 6.79. The smallest absolute Gasteiger partial charge is 0.206 e. The van der Waals surface area contributed by atoms with Crippen molar-refractivity contribution in [2.45, 2.75) is 28.3 Å². The van der Waals surface area contributed by atoms with Gasteiger partial charge in [0.1, 0.15) is 5.03 Å². The molecule has 0 unspecified atom stereocenters. The van der Waals surface area contributed by atoms with Crippen LogP contribution in [0.2, 0.25) is 0 Å². The Kier molecular flexibility index (Phi) is 3.83. The lowest BCUT2D eigenvalue weighted by Crippen LogP contribution is -2.18. The molecule has 1 fully saturated rings. The number of hydrogen-bond donors (Lipinski definition) is 1. The van der Waals surface area contributed by atoms with Crippen molar-refractivity contribution in [1.82, 2.24) is 35.5 Å². The SMILES string of the molecule is c1cc2nnnn2nc1Sc1nnc(NC[C@H]2CCCO2)s1. The normalized spacial score (nSPS) is 18.1. The van der Waals surface area contributed by atoms with Crippen molar-refractivity contribution in [2.75, 3.05) is 18.5 Å². The van der Waals surface area contributed by atoms with Crippen molar-refractivity contribution < 1.29 is 4.74 Å². The van der Waals surface area contributed by atoms with Crippen molar-refractivity contribution in [3.63, 3.8) is 0 Å². The summed E-state index contributed by atoms with van der Waals surface area (Å²) in [5.41, 5.74) is 0.612. The lowest BCUT2D eigenvalue weighted by molar-refractivity contribution is 0.120. The second-order valence-corrected chi connectivity index (χ2v) is 6.93. The highest BCUT2D eigenvalue weighted by Crippen LogP contribution is 2.30. The Balaban J connectivity index is 1.40. The van der Waals surface area contributed by atoms with Gasteiger partial charge in [0, 0.05) is 13.2 Å². The Bertz CT molecular complexity index is 768. The van der Waals surface area contributed by atoms with E-state index in [4.69, 9.17) is 4.74 Å². The summed E-state index contributed by atoms with van der Waals surface area (Å²) in [5, 5.41) is 28.5. The summed E-state index contributed by atoms with van der Waals surface area (Å²) in [6, 6.07) is 3.67. The van der Waals surface area contributed by atoms with E-state index in [-0.39, 0.29) is 6.10 Å². The highest BCUT2D eigenvalue weighted by molar-refractivity contribution is 8.01. The van der Waals surface area contributed by atoms with Crippen molar-refractivity contribution in [1.29, 1.82) is 0 Å². The summed E-state index contributed by atoms with van der Waals surface area (Å²) >= 11 is 2.92. The summed E-state index contributed by atoms with van der Waals surface area (Å²) in [6.45, 7) is 1.63. The largest absolute Gasteiger partial charge is 0.376 e. The molecule has 1 N–H and O–H groups in total. The fraction of sp³-hybridized carbons (Fsp3) is 0.455. The first kappa shape index (κ1) is 13.8. The molecule has 1 atom stereocenters. The Hall–Kier alpha value is -1.85. The number of anilines is 1. The predicted octanol–water partition coefficient (Wildman–Crippen LogP) is 1.11. The van der Waals surface area contributed by atoms with Crippen LogP contribution in [0, 0.1) is 0 Å². The highest BCUT2D eigenvalue weighted by atomic mass is 32.2. The molecule has 0 bridgehead atoms. The number of aromatic nitrogens is 7. The number of ether oxygens (including phenoxy) is 1. The highest BCUT2D eigenvalue weighted by Gasteiger charge is 2.16. The van der Waals surface area contributed by atoms with E-state index in [1.807, 2.05) is 12.1 Å². The molecule has 0 saturated carbocycles. The maximum absolute atomic E-state index is 5.57. The molecule has 1 aliphatic heterocycles. The summed E-state index contributed by atoms with van der Waals surface area (Å²) in [7, 11) is 0. The van der Waals surface area contributed by atoms with Crippen molar-refractivity contribution in [2.24, 2.45) is 0 Å². The van der Waals surface area contributed by atoms with Crippen molar-refractivity contribution in [3.8, 4) is 0 Å². The van der Waals surface area contributed by atoms with Gasteiger partial charge < -0.3 is 10.1 Å². The summed E-state index contributed by atoms with van der Waals surface area (Å²) in [6.07, 6.45) is 2.52. The summed E-state index contributed by atoms with van der Waals surface area (Å²) < 4.78 is 7.77. The molecule has 4 rings (SSSR count). The fourth-order valence-corrected chi connectivity index (χ4v) is 3.76. The van der Waals surface area contributed by atoms with Gasteiger partial charge in [-0.25, -0.2) is 0 Å². The summed E-state index contributed by atoms with van der Waals surface area (Å²) in [5.74, 6) is 0. The third-order valence-corrected chi connectivity index (χ3v) is 5.01. The molecule has 1 aliphatic rings. The van der Waals surface area contributed by atoms with Crippen LogP contribution < -0.4 is 5.32 Å². The molecule has 9 nitrogen and oxygen atoms in total. The van der Waals surface area contributed by atoms with Gasteiger partial charge in [0.2, 0.25) is 5.13 Å². The van der Waals surface area contributed by atoms with Gasteiger partial charge in [0.15, 0.2) is 9.99 Å². The van der Waals surface area contributed by atoms with Gasteiger partial charge in [-0.2, -0.15) is 0 Å². The van der Waals surface area contributed by atoms with Crippen LogP contribution in [0.5, 0.6) is 0 Å². The third-order valence-electron chi connectivity index (χ3n) is 3.15. The summed E-state index contributed by atoms with van der Waals surface area (Å²) in [4.78, 5) is 0.